The Kier molecular flexibility index (Phi) is 5.17. The van der Waals surface area contributed by atoms with Crippen molar-refractivity contribution in [1.29, 1.82) is 0 Å². The maximum Gasteiger partial charge on any atom is 0.313 e. The van der Waals surface area contributed by atoms with Gasteiger partial charge in [-0.2, -0.15) is 0 Å². The number of anilines is 1. The average molecular weight is 323 g/mol. The molecule has 0 spiro atoms. The number of carbonyl (C=O) groups excluding carboxylic acids is 2. The molecule has 0 aliphatic heterocycles. The van der Waals surface area contributed by atoms with Crippen molar-refractivity contribution >= 4 is 33.4 Å². The van der Waals surface area contributed by atoms with E-state index in [4.69, 9.17) is 5.11 Å². The van der Waals surface area contributed by atoms with Gasteiger partial charge >= 0.3 is 11.8 Å². The molecular weight excluding hydrogens is 314 g/mol. The highest BCUT2D eigenvalue weighted by molar-refractivity contribution is 9.10. The fourth-order valence-corrected chi connectivity index (χ4v) is 1.48. The molecule has 3 N–H and O–H groups in total. The molecule has 1 rings (SSSR count). The van der Waals surface area contributed by atoms with Gasteiger partial charge < -0.3 is 15.7 Å². The molecule has 0 saturated carbocycles. The Bertz CT molecular complexity index is 459. The van der Waals surface area contributed by atoms with Gasteiger partial charge in [0.05, 0.1) is 6.61 Å². The van der Waals surface area contributed by atoms with Crippen molar-refractivity contribution in [2.24, 2.45) is 0 Å². The topological polar surface area (TPSA) is 78.4 Å². The normalized spacial score (nSPS) is 10.0. The molecule has 0 bridgehead atoms. The summed E-state index contributed by atoms with van der Waals surface area (Å²) in [4.78, 5) is 22.4. The summed E-state index contributed by atoms with van der Waals surface area (Å²) < 4.78 is 26.8. The molecule has 0 aromatic heterocycles. The van der Waals surface area contributed by atoms with E-state index < -0.39 is 29.1 Å². The van der Waals surface area contributed by atoms with Crippen LogP contribution in [0.2, 0.25) is 0 Å². The minimum Gasteiger partial charge on any atom is -0.395 e. The Labute approximate surface area is 109 Å². The molecule has 8 heteroatoms. The highest BCUT2D eigenvalue weighted by Crippen LogP contribution is 2.23. The average Bonchev–Trinajstić information content (AvgIpc) is 2.30. The zero-order chi connectivity index (χ0) is 13.7. The van der Waals surface area contributed by atoms with E-state index in [0.29, 0.717) is 0 Å². The van der Waals surface area contributed by atoms with E-state index in [1.54, 1.807) is 0 Å². The predicted octanol–water partition coefficient (Wildman–Crippen LogP) is 0.774. The zero-order valence-corrected chi connectivity index (χ0v) is 10.6. The molecule has 1 aromatic carbocycles. The lowest BCUT2D eigenvalue weighted by Crippen LogP contribution is -2.37. The first-order valence-corrected chi connectivity index (χ1v) is 5.59. The van der Waals surface area contributed by atoms with Crippen molar-refractivity contribution in [1.82, 2.24) is 5.32 Å². The van der Waals surface area contributed by atoms with Crippen LogP contribution in [0.3, 0.4) is 0 Å². The number of amides is 2. The molecule has 0 saturated heterocycles. The van der Waals surface area contributed by atoms with Crippen LogP contribution in [0.5, 0.6) is 0 Å². The maximum atomic E-state index is 13.3. The van der Waals surface area contributed by atoms with Gasteiger partial charge in [0.15, 0.2) is 11.6 Å². The van der Waals surface area contributed by atoms with Crippen molar-refractivity contribution in [2.45, 2.75) is 0 Å². The molecule has 98 valence electrons. The summed E-state index contributed by atoms with van der Waals surface area (Å²) in [5, 5.41) is 12.3. The van der Waals surface area contributed by atoms with Crippen LogP contribution in [0, 0.1) is 11.6 Å². The lowest BCUT2D eigenvalue weighted by molar-refractivity contribution is -0.136. The first-order chi connectivity index (χ1) is 8.45. The summed E-state index contributed by atoms with van der Waals surface area (Å²) in [6.45, 7) is -0.475. The van der Waals surface area contributed by atoms with Crippen molar-refractivity contribution in [2.75, 3.05) is 18.5 Å². The van der Waals surface area contributed by atoms with Crippen LogP contribution in [-0.4, -0.2) is 30.1 Å². The van der Waals surface area contributed by atoms with Crippen LogP contribution in [0.1, 0.15) is 0 Å². The van der Waals surface area contributed by atoms with E-state index in [0.717, 1.165) is 12.1 Å². The van der Waals surface area contributed by atoms with Gasteiger partial charge in [-0.15, -0.1) is 0 Å². The SMILES string of the molecule is O=C(NCCO)C(=O)Nc1c(F)cc(Br)cc1F. The van der Waals surface area contributed by atoms with Gasteiger partial charge in [0, 0.05) is 11.0 Å². The second-order valence-corrected chi connectivity index (χ2v) is 4.09. The minimum absolute atomic E-state index is 0.127. The number of hydrogen-bond donors (Lipinski definition) is 3. The summed E-state index contributed by atoms with van der Waals surface area (Å²) in [5.41, 5.74) is -0.706. The van der Waals surface area contributed by atoms with Gasteiger partial charge in [-0.05, 0) is 12.1 Å². The fraction of sp³-hybridized carbons (Fsp3) is 0.200. The Balaban J connectivity index is 2.79. The number of aliphatic hydroxyl groups is 1. The molecule has 5 nitrogen and oxygen atoms in total. The van der Waals surface area contributed by atoms with Gasteiger partial charge in [-0.25, -0.2) is 8.78 Å². The lowest BCUT2D eigenvalue weighted by atomic mass is 10.3. The number of rotatable bonds is 3. The summed E-state index contributed by atoms with van der Waals surface area (Å²) in [6, 6.07) is 1.90. The van der Waals surface area contributed by atoms with Gasteiger partial charge in [-0.1, -0.05) is 15.9 Å². The Morgan fingerprint density at radius 2 is 1.78 bits per heavy atom. The summed E-state index contributed by atoms with van der Waals surface area (Å²) in [6.07, 6.45) is 0. The van der Waals surface area contributed by atoms with Crippen LogP contribution in [0.25, 0.3) is 0 Å². The summed E-state index contributed by atoms with van der Waals surface area (Å²) >= 11 is 2.88. The molecule has 0 unspecified atom stereocenters. The van der Waals surface area contributed by atoms with Crippen LogP contribution in [0.4, 0.5) is 14.5 Å². The van der Waals surface area contributed by atoms with E-state index in [-0.39, 0.29) is 17.6 Å². The van der Waals surface area contributed by atoms with Crippen LogP contribution < -0.4 is 10.6 Å². The monoisotopic (exact) mass is 322 g/mol. The third kappa shape index (κ3) is 3.74. The number of aliphatic hydroxyl groups excluding tert-OH is 1. The standard InChI is InChI=1S/C10H9BrF2N2O3/c11-5-3-6(12)8(7(13)4-5)15-10(18)9(17)14-1-2-16/h3-4,16H,1-2H2,(H,14,17)(H,15,18). The van der Waals surface area contributed by atoms with Gasteiger partial charge in [0.2, 0.25) is 0 Å². The molecule has 0 radical (unpaired) electrons. The molecule has 2 amide bonds. The number of halogens is 3. The van der Waals surface area contributed by atoms with Crippen molar-refractivity contribution in [3.05, 3.63) is 28.2 Å². The van der Waals surface area contributed by atoms with Crippen molar-refractivity contribution in [3.63, 3.8) is 0 Å². The molecule has 18 heavy (non-hydrogen) atoms. The highest BCUT2D eigenvalue weighted by atomic mass is 79.9. The number of benzene rings is 1. The third-order valence-electron chi connectivity index (χ3n) is 1.85. The highest BCUT2D eigenvalue weighted by Gasteiger charge is 2.18. The molecular formula is C10H9BrF2N2O3. The lowest BCUT2D eigenvalue weighted by Gasteiger charge is -2.08. The third-order valence-corrected chi connectivity index (χ3v) is 2.31. The van der Waals surface area contributed by atoms with Crippen LogP contribution in [0.15, 0.2) is 16.6 Å². The van der Waals surface area contributed by atoms with E-state index in [2.05, 4.69) is 15.9 Å². The van der Waals surface area contributed by atoms with Gasteiger partial charge in [0.25, 0.3) is 0 Å². The molecule has 0 heterocycles. The number of nitrogens with one attached hydrogen (secondary N) is 2. The van der Waals surface area contributed by atoms with Gasteiger partial charge in [-0.3, -0.25) is 9.59 Å². The van der Waals surface area contributed by atoms with E-state index in [1.807, 2.05) is 10.6 Å². The second kappa shape index (κ2) is 6.41. The first kappa shape index (κ1) is 14.5. The van der Waals surface area contributed by atoms with E-state index >= 15 is 0 Å². The largest absolute Gasteiger partial charge is 0.395 e. The zero-order valence-electron chi connectivity index (χ0n) is 8.97. The second-order valence-electron chi connectivity index (χ2n) is 3.18. The Morgan fingerprint density at radius 3 is 2.28 bits per heavy atom. The Morgan fingerprint density at radius 1 is 1.22 bits per heavy atom. The molecule has 0 atom stereocenters. The van der Waals surface area contributed by atoms with Crippen molar-refractivity contribution in [3.8, 4) is 0 Å². The predicted molar refractivity (Wildman–Crippen MR) is 62.8 cm³/mol. The summed E-state index contributed by atoms with van der Waals surface area (Å²) in [7, 11) is 0. The summed E-state index contributed by atoms with van der Waals surface area (Å²) in [5.74, 6) is -4.33. The van der Waals surface area contributed by atoms with Crippen LogP contribution in [-0.2, 0) is 9.59 Å². The smallest absolute Gasteiger partial charge is 0.313 e. The van der Waals surface area contributed by atoms with Crippen LogP contribution >= 0.6 is 15.9 Å². The molecule has 0 fully saturated rings. The molecule has 0 aliphatic carbocycles. The fourth-order valence-electron chi connectivity index (χ4n) is 1.08. The van der Waals surface area contributed by atoms with Gasteiger partial charge in [0.1, 0.15) is 5.69 Å². The minimum atomic E-state index is -1.22. The number of hydrogen-bond acceptors (Lipinski definition) is 3. The quantitative estimate of drug-likeness (QED) is 0.719. The van der Waals surface area contributed by atoms with E-state index in [9.17, 15) is 18.4 Å². The Hall–Kier alpha value is -1.54. The maximum absolute atomic E-state index is 13.3. The first-order valence-electron chi connectivity index (χ1n) is 4.80. The molecule has 1 aromatic rings. The van der Waals surface area contributed by atoms with E-state index in [1.165, 1.54) is 0 Å². The van der Waals surface area contributed by atoms with Crippen molar-refractivity contribution < 1.29 is 23.5 Å². The number of carbonyl (C=O) groups is 2. The molecule has 0 aliphatic rings.